The van der Waals surface area contributed by atoms with Crippen LogP contribution in [0.1, 0.15) is 19.0 Å². The van der Waals surface area contributed by atoms with E-state index in [0.717, 1.165) is 23.1 Å². The van der Waals surface area contributed by atoms with Crippen molar-refractivity contribution in [2.45, 2.75) is 19.8 Å². The summed E-state index contributed by atoms with van der Waals surface area (Å²) < 4.78 is 0.926. The van der Waals surface area contributed by atoms with Crippen LogP contribution < -0.4 is 5.32 Å². The number of nitrogens with zero attached hydrogens (tertiary/aromatic N) is 1. The maximum absolute atomic E-state index is 11.3. The van der Waals surface area contributed by atoms with Crippen molar-refractivity contribution in [3.8, 4) is 0 Å². The van der Waals surface area contributed by atoms with Crippen molar-refractivity contribution < 1.29 is 4.79 Å². The lowest BCUT2D eigenvalue weighted by Gasteiger charge is -2.02. The minimum atomic E-state index is 0.0293. The highest BCUT2D eigenvalue weighted by atomic mass is 79.9. The summed E-state index contributed by atoms with van der Waals surface area (Å²) in [6.45, 7) is 2.76. The molecule has 0 atom stereocenters. The largest absolute Gasteiger partial charge is 0.356 e. The number of nitrogens with one attached hydrogen (secondary N) is 1. The van der Waals surface area contributed by atoms with Gasteiger partial charge in [0.15, 0.2) is 0 Å². The van der Waals surface area contributed by atoms with Gasteiger partial charge in [-0.25, -0.2) is 0 Å². The molecule has 1 amide bonds. The van der Waals surface area contributed by atoms with Crippen LogP contribution >= 0.6 is 15.9 Å². The average molecular weight is 257 g/mol. The molecular weight excluding hydrogens is 244 g/mol. The Morgan fingerprint density at radius 3 is 2.93 bits per heavy atom. The minimum Gasteiger partial charge on any atom is -0.356 e. The van der Waals surface area contributed by atoms with Crippen molar-refractivity contribution in [3.63, 3.8) is 0 Å². The van der Waals surface area contributed by atoms with Gasteiger partial charge >= 0.3 is 0 Å². The van der Waals surface area contributed by atoms with Crippen molar-refractivity contribution >= 4 is 21.8 Å². The van der Waals surface area contributed by atoms with Crippen LogP contribution in [0.2, 0.25) is 0 Å². The fourth-order valence-corrected chi connectivity index (χ4v) is 1.24. The molecule has 1 heterocycles. The molecule has 0 saturated heterocycles. The van der Waals surface area contributed by atoms with Gasteiger partial charge in [-0.1, -0.05) is 6.92 Å². The van der Waals surface area contributed by atoms with Gasteiger partial charge in [0.05, 0.1) is 6.42 Å². The molecule has 1 N–H and O–H groups in total. The lowest BCUT2D eigenvalue weighted by Crippen LogP contribution is -2.25. The first-order chi connectivity index (χ1) is 6.72. The third kappa shape index (κ3) is 3.87. The molecule has 4 heteroatoms. The van der Waals surface area contributed by atoms with E-state index >= 15 is 0 Å². The average Bonchev–Trinajstić information content (AvgIpc) is 2.18. The molecule has 3 nitrogen and oxygen atoms in total. The molecule has 0 aromatic carbocycles. The van der Waals surface area contributed by atoms with E-state index in [1.807, 2.05) is 19.1 Å². The summed E-state index contributed by atoms with van der Waals surface area (Å²) in [5.74, 6) is 0.0293. The first-order valence-corrected chi connectivity index (χ1v) is 5.39. The highest BCUT2D eigenvalue weighted by Crippen LogP contribution is 2.07. The summed E-state index contributed by atoms with van der Waals surface area (Å²) in [4.78, 5) is 15.4. The van der Waals surface area contributed by atoms with Gasteiger partial charge in [-0.2, -0.15) is 0 Å². The highest BCUT2D eigenvalue weighted by Gasteiger charge is 2.02. The van der Waals surface area contributed by atoms with Crippen LogP contribution in [0.3, 0.4) is 0 Å². The predicted octanol–water partition coefficient (Wildman–Crippen LogP) is 1.91. The Kier molecular flexibility index (Phi) is 4.59. The van der Waals surface area contributed by atoms with Crippen molar-refractivity contribution in [2.24, 2.45) is 0 Å². The standard InChI is InChI=1S/C10H13BrN2O/c1-2-5-12-10(14)6-9-4-3-8(11)7-13-9/h3-4,7H,2,5-6H2,1H3,(H,12,14). The van der Waals surface area contributed by atoms with E-state index in [4.69, 9.17) is 0 Å². The van der Waals surface area contributed by atoms with Gasteiger partial charge in [-0.05, 0) is 34.5 Å². The Balaban J connectivity index is 2.44. The first-order valence-electron chi connectivity index (χ1n) is 4.59. The number of pyridine rings is 1. The van der Waals surface area contributed by atoms with Gasteiger partial charge < -0.3 is 5.32 Å². The number of rotatable bonds is 4. The zero-order valence-electron chi connectivity index (χ0n) is 8.09. The van der Waals surface area contributed by atoms with Crippen molar-refractivity contribution in [2.75, 3.05) is 6.54 Å². The quantitative estimate of drug-likeness (QED) is 0.895. The lowest BCUT2D eigenvalue weighted by atomic mass is 10.2. The molecule has 0 unspecified atom stereocenters. The molecule has 0 aliphatic carbocycles. The Morgan fingerprint density at radius 1 is 1.57 bits per heavy atom. The zero-order valence-corrected chi connectivity index (χ0v) is 9.67. The Hall–Kier alpha value is -0.900. The topological polar surface area (TPSA) is 42.0 Å². The maximum atomic E-state index is 11.3. The smallest absolute Gasteiger partial charge is 0.226 e. The first kappa shape index (κ1) is 11.2. The van der Waals surface area contributed by atoms with E-state index < -0.39 is 0 Å². The summed E-state index contributed by atoms with van der Waals surface area (Å²) >= 11 is 3.29. The molecule has 0 aliphatic heterocycles. The van der Waals surface area contributed by atoms with E-state index in [-0.39, 0.29) is 5.91 Å². The van der Waals surface area contributed by atoms with Gasteiger partial charge in [-0.3, -0.25) is 9.78 Å². The van der Waals surface area contributed by atoms with E-state index in [2.05, 4.69) is 26.2 Å². The number of carbonyl (C=O) groups is 1. The molecule has 1 rings (SSSR count). The van der Waals surface area contributed by atoms with E-state index in [1.165, 1.54) is 0 Å². The SMILES string of the molecule is CCCNC(=O)Cc1ccc(Br)cn1. The van der Waals surface area contributed by atoms with Crippen LogP contribution in [0.25, 0.3) is 0 Å². The molecule has 0 radical (unpaired) electrons. The predicted molar refractivity (Wildman–Crippen MR) is 58.9 cm³/mol. The fourth-order valence-electron chi connectivity index (χ4n) is 1.00. The van der Waals surface area contributed by atoms with Crippen LogP contribution in [0, 0.1) is 0 Å². The number of amides is 1. The van der Waals surface area contributed by atoms with Crippen LogP contribution in [-0.4, -0.2) is 17.4 Å². The van der Waals surface area contributed by atoms with Crippen molar-refractivity contribution in [3.05, 3.63) is 28.5 Å². The summed E-state index contributed by atoms with van der Waals surface area (Å²) in [6.07, 6.45) is 3.01. The molecular formula is C10H13BrN2O. The summed E-state index contributed by atoms with van der Waals surface area (Å²) in [6, 6.07) is 3.73. The number of carbonyl (C=O) groups excluding carboxylic acids is 1. The van der Waals surface area contributed by atoms with Crippen LogP contribution in [0.4, 0.5) is 0 Å². The second-order valence-corrected chi connectivity index (χ2v) is 3.91. The second kappa shape index (κ2) is 5.75. The third-order valence-corrected chi connectivity index (χ3v) is 2.17. The Morgan fingerprint density at radius 2 is 2.36 bits per heavy atom. The highest BCUT2D eigenvalue weighted by molar-refractivity contribution is 9.10. The lowest BCUT2D eigenvalue weighted by molar-refractivity contribution is -0.120. The van der Waals surface area contributed by atoms with Gasteiger partial charge in [-0.15, -0.1) is 0 Å². The molecule has 0 aliphatic rings. The van der Waals surface area contributed by atoms with Crippen LogP contribution in [-0.2, 0) is 11.2 Å². The van der Waals surface area contributed by atoms with Crippen molar-refractivity contribution in [1.82, 2.24) is 10.3 Å². The van der Waals surface area contributed by atoms with Gasteiger partial charge in [0, 0.05) is 22.9 Å². The minimum absolute atomic E-state index is 0.0293. The van der Waals surface area contributed by atoms with Crippen LogP contribution in [0.5, 0.6) is 0 Å². The second-order valence-electron chi connectivity index (χ2n) is 2.99. The maximum Gasteiger partial charge on any atom is 0.226 e. The summed E-state index contributed by atoms with van der Waals surface area (Å²) in [7, 11) is 0. The molecule has 0 bridgehead atoms. The number of halogens is 1. The van der Waals surface area contributed by atoms with E-state index in [9.17, 15) is 4.79 Å². The molecule has 76 valence electrons. The molecule has 0 fully saturated rings. The summed E-state index contributed by atoms with van der Waals surface area (Å²) in [5.41, 5.74) is 0.793. The normalized spacial score (nSPS) is 9.86. The van der Waals surface area contributed by atoms with E-state index in [1.54, 1.807) is 6.20 Å². The van der Waals surface area contributed by atoms with E-state index in [0.29, 0.717) is 6.42 Å². The molecule has 0 saturated carbocycles. The van der Waals surface area contributed by atoms with Gasteiger partial charge in [0.25, 0.3) is 0 Å². The molecule has 0 spiro atoms. The summed E-state index contributed by atoms with van der Waals surface area (Å²) in [5, 5.41) is 2.80. The third-order valence-electron chi connectivity index (χ3n) is 1.70. The van der Waals surface area contributed by atoms with Crippen molar-refractivity contribution in [1.29, 1.82) is 0 Å². The Labute approximate surface area is 92.1 Å². The fraction of sp³-hybridized carbons (Fsp3) is 0.400. The zero-order chi connectivity index (χ0) is 10.4. The molecule has 14 heavy (non-hydrogen) atoms. The molecule has 1 aromatic heterocycles. The van der Waals surface area contributed by atoms with Crippen LogP contribution in [0.15, 0.2) is 22.8 Å². The monoisotopic (exact) mass is 256 g/mol. The number of aromatic nitrogens is 1. The van der Waals surface area contributed by atoms with Gasteiger partial charge in [0.2, 0.25) is 5.91 Å². The van der Waals surface area contributed by atoms with Gasteiger partial charge in [0.1, 0.15) is 0 Å². The number of hydrogen-bond acceptors (Lipinski definition) is 2. The number of hydrogen-bond donors (Lipinski definition) is 1. The Bertz CT molecular complexity index is 297. The molecule has 1 aromatic rings.